The lowest BCUT2D eigenvalue weighted by molar-refractivity contribution is 0.987. The van der Waals surface area contributed by atoms with Crippen LogP contribution in [0.25, 0.3) is 10.9 Å². The molecule has 0 saturated heterocycles. The Kier molecular flexibility index (Phi) is 3.80. The number of para-hydroxylation sites is 1. The van der Waals surface area contributed by atoms with Gasteiger partial charge < -0.3 is 5.32 Å². The zero-order valence-electron chi connectivity index (χ0n) is 11.6. The molecule has 21 heavy (non-hydrogen) atoms. The van der Waals surface area contributed by atoms with E-state index in [1.807, 2.05) is 31.2 Å². The minimum absolute atomic E-state index is 0.573. The number of benzene rings is 1. The number of nitrogens with one attached hydrogen (secondary N) is 1. The van der Waals surface area contributed by atoms with Crippen LogP contribution in [0.5, 0.6) is 0 Å². The Bertz CT molecular complexity index is 817. The SMILES string of the molecule is Cc1csc(CCNc2c(C#N)cnc3ccccc23)n1. The molecule has 0 radical (unpaired) electrons. The highest BCUT2D eigenvalue weighted by molar-refractivity contribution is 7.09. The first kappa shape index (κ1) is 13.5. The van der Waals surface area contributed by atoms with Crippen LogP contribution in [0, 0.1) is 18.3 Å². The normalized spacial score (nSPS) is 10.5. The van der Waals surface area contributed by atoms with Crippen molar-refractivity contribution in [2.45, 2.75) is 13.3 Å². The monoisotopic (exact) mass is 294 g/mol. The molecule has 0 bridgehead atoms. The Balaban J connectivity index is 1.84. The number of rotatable bonds is 4. The molecule has 0 fully saturated rings. The molecular weight excluding hydrogens is 280 g/mol. The molecule has 104 valence electrons. The van der Waals surface area contributed by atoms with E-state index >= 15 is 0 Å². The zero-order valence-corrected chi connectivity index (χ0v) is 12.4. The maximum Gasteiger partial charge on any atom is 0.103 e. The smallest absolute Gasteiger partial charge is 0.103 e. The summed E-state index contributed by atoms with van der Waals surface area (Å²) >= 11 is 1.67. The molecule has 0 spiro atoms. The van der Waals surface area contributed by atoms with Crippen molar-refractivity contribution in [3.63, 3.8) is 0 Å². The molecule has 3 aromatic rings. The molecule has 0 aliphatic heterocycles. The second-order valence-corrected chi connectivity index (χ2v) is 5.68. The highest BCUT2D eigenvalue weighted by Crippen LogP contribution is 2.25. The predicted octanol–water partition coefficient (Wildman–Crippen LogP) is 3.53. The van der Waals surface area contributed by atoms with E-state index in [1.165, 1.54) is 0 Å². The standard InChI is InChI=1S/C16H14N4S/c1-11-10-21-15(20-11)6-7-18-16-12(8-17)9-19-14-5-3-2-4-13(14)16/h2-5,9-10H,6-7H2,1H3,(H,18,19). The molecule has 4 nitrogen and oxygen atoms in total. The van der Waals surface area contributed by atoms with Crippen molar-refractivity contribution in [3.05, 3.63) is 52.1 Å². The van der Waals surface area contributed by atoms with Crippen molar-refractivity contribution in [1.29, 1.82) is 5.26 Å². The summed E-state index contributed by atoms with van der Waals surface area (Å²) in [5.41, 5.74) is 3.38. The van der Waals surface area contributed by atoms with Crippen LogP contribution in [0.15, 0.2) is 35.8 Å². The molecule has 0 aliphatic rings. The maximum atomic E-state index is 9.26. The molecule has 0 atom stereocenters. The summed E-state index contributed by atoms with van der Waals surface area (Å²) in [6, 6.07) is 10.0. The van der Waals surface area contributed by atoms with Crippen LogP contribution < -0.4 is 5.32 Å². The van der Waals surface area contributed by atoms with Gasteiger partial charge in [0.05, 0.1) is 21.8 Å². The Morgan fingerprint density at radius 3 is 2.95 bits per heavy atom. The molecule has 3 rings (SSSR count). The summed E-state index contributed by atoms with van der Waals surface area (Å²) in [7, 11) is 0. The topological polar surface area (TPSA) is 61.6 Å². The molecular formula is C16H14N4S. The molecule has 0 aliphatic carbocycles. The van der Waals surface area contributed by atoms with Gasteiger partial charge in [-0.15, -0.1) is 11.3 Å². The van der Waals surface area contributed by atoms with E-state index in [9.17, 15) is 5.26 Å². The van der Waals surface area contributed by atoms with E-state index < -0.39 is 0 Å². The van der Waals surface area contributed by atoms with Gasteiger partial charge in [0.1, 0.15) is 6.07 Å². The Morgan fingerprint density at radius 2 is 2.19 bits per heavy atom. The van der Waals surface area contributed by atoms with Crippen LogP contribution in [-0.4, -0.2) is 16.5 Å². The van der Waals surface area contributed by atoms with Gasteiger partial charge in [0.15, 0.2) is 0 Å². The van der Waals surface area contributed by atoms with Gasteiger partial charge in [-0.05, 0) is 13.0 Å². The quantitative estimate of drug-likeness (QED) is 0.799. The van der Waals surface area contributed by atoms with Gasteiger partial charge in [0.2, 0.25) is 0 Å². The summed E-state index contributed by atoms with van der Waals surface area (Å²) in [5, 5.41) is 16.8. The van der Waals surface area contributed by atoms with E-state index in [0.717, 1.165) is 40.3 Å². The minimum atomic E-state index is 0.573. The van der Waals surface area contributed by atoms with Gasteiger partial charge >= 0.3 is 0 Å². The first-order valence-electron chi connectivity index (χ1n) is 6.70. The predicted molar refractivity (Wildman–Crippen MR) is 85.5 cm³/mol. The van der Waals surface area contributed by atoms with E-state index in [4.69, 9.17) is 0 Å². The van der Waals surface area contributed by atoms with Crippen LogP contribution in [0.3, 0.4) is 0 Å². The van der Waals surface area contributed by atoms with E-state index in [1.54, 1.807) is 17.5 Å². The Morgan fingerprint density at radius 1 is 1.33 bits per heavy atom. The number of hydrogen-bond donors (Lipinski definition) is 1. The average Bonchev–Trinajstić information content (AvgIpc) is 2.93. The lowest BCUT2D eigenvalue weighted by Gasteiger charge is -2.10. The number of pyridine rings is 1. The fraction of sp³-hybridized carbons (Fsp3) is 0.188. The zero-order chi connectivity index (χ0) is 14.7. The van der Waals surface area contributed by atoms with Crippen LogP contribution >= 0.6 is 11.3 Å². The number of fused-ring (bicyclic) bond motifs is 1. The van der Waals surface area contributed by atoms with E-state index in [0.29, 0.717) is 5.56 Å². The second-order valence-electron chi connectivity index (χ2n) is 4.74. The number of hydrogen-bond acceptors (Lipinski definition) is 5. The summed E-state index contributed by atoms with van der Waals surface area (Å²) in [4.78, 5) is 8.76. The van der Waals surface area contributed by atoms with Crippen molar-refractivity contribution >= 4 is 27.9 Å². The van der Waals surface area contributed by atoms with Gasteiger partial charge in [-0.3, -0.25) is 4.98 Å². The molecule has 0 amide bonds. The van der Waals surface area contributed by atoms with Gasteiger partial charge in [-0.2, -0.15) is 5.26 Å². The molecule has 2 heterocycles. The van der Waals surface area contributed by atoms with Crippen molar-refractivity contribution in [1.82, 2.24) is 9.97 Å². The maximum absolute atomic E-state index is 9.26. The molecule has 0 saturated carbocycles. The van der Waals surface area contributed by atoms with Gasteiger partial charge in [-0.25, -0.2) is 4.98 Å². The third kappa shape index (κ3) is 2.86. The third-order valence-electron chi connectivity index (χ3n) is 3.20. The summed E-state index contributed by atoms with van der Waals surface area (Å²) in [5.74, 6) is 0. The van der Waals surface area contributed by atoms with Crippen molar-refractivity contribution < 1.29 is 0 Å². The highest BCUT2D eigenvalue weighted by Gasteiger charge is 2.08. The molecule has 2 aromatic heterocycles. The number of anilines is 1. The summed E-state index contributed by atoms with van der Waals surface area (Å²) in [6.07, 6.45) is 2.47. The van der Waals surface area contributed by atoms with Gasteiger partial charge in [0, 0.05) is 35.6 Å². The number of thiazole rings is 1. The van der Waals surface area contributed by atoms with E-state index in [-0.39, 0.29) is 0 Å². The van der Waals surface area contributed by atoms with Crippen molar-refractivity contribution in [3.8, 4) is 6.07 Å². The minimum Gasteiger partial charge on any atom is -0.383 e. The second kappa shape index (κ2) is 5.90. The van der Waals surface area contributed by atoms with Crippen LogP contribution in [0.2, 0.25) is 0 Å². The Hall–Kier alpha value is -2.45. The average molecular weight is 294 g/mol. The summed E-state index contributed by atoms with van der Waals surface area (Å²) in [6.45, 7) is 2.74. The molecule has 0 unspecified atom stereocenters. The Labute approximate surface area is 127 Å². The molecule has 1 N–H and O–H groups in total. The van der Waals surface area contributed by atoms with Crippen LogP contribution in [0.4, 0.5) is 5.69 Å². The first-order chi connectivity index (χ1) is 10.3. The fourth-order valence-electron chi connectivity index (χ4n) is 2.23. The third-order valence-corrected chi connectivity index (χ3v) is 4.23. The fourth-order valence-corrected chi connectivity index (χ4v) is 3.00. The highest BCUT2D eigenvalue weighted by atomic mass is 32.1. The van der Waals surface area contributed by atoms with Gasteiger partial charge in [0.25, 0.3) is 0 Å². The van der Waals surface area contributed by atoms with Crippen LogP contribution in [-0.2, 0) is 6.42 Å². The van der Waals surface area contributed by atoms with Crippen molar-refractivity contribution in [2.75, 3.05) is 11.9 Å². The van der Waals surface area contributed by atoms with E-state index in [2.05, 4.69) is 26.7 Å². The van der Waals surface area contributed by atoms with Crippen molar-refractivity contribution in [2.24, 2.45) is 0 Å². The lowest BCUT2D eigenvalue weighted by Crippen LogP contribution is -2.07. The number of nitrogens with zero attached hydrogens (tertiary/aromatic N) is 3. The van der Waals surface area contributed by atoms with Gasteiger partial charge in [-0.1, -0.05) is 18.2 Å². The summed E-state index contributed by atoms with van der Waals surface area (Å²) < 4.78 is 0. The number of aryl methyl sites for hydroxylation is 1. The molecule has 1 aromatic carbocycles. The molecule has 5 heteroatoms. The van der Waals surface area contributed by atoms with Crippen LogP contribution in [0.1, 0.15) is 16.3 Å². The lowest BCUT2D eigenvalue weighted by atomic mass is 10.1. The largest absolute Gasteiger partial charge is 0.383 e. The first-order valence-corrected chi connectivity index (χ1v) is 7.58. The number of nitriles is 1. The number of aromatic nitrogens is 2.